The maximum Gasteiger partial charge on any atom is 0.209 e. The number of carbonyl (C=O) groups is 2. The Morgan fingerprint density at radius 1 is 0.816 bits per heavy atom. The fourth-order valence-electron chi connectivity index (χ4n) is 7.48. The first-order chi connectivity index (χ1) is 23.1. The number of ketones is 2. The number of allylic oxidation sites excluding steroid dienone is 4. The molecule has 266 valence electrons. The Balaban J connectivity index is 1.48. The minimum Gasteiger partial charge on any atom is -0.744 e. The molecule has 2 aromatic carbocycles. The fraction of sp³-hybridized carbons (Fsp3) is 0.537. The van der Waals surface area contributed by atoms with E-state index >= 15 is 0 Å². The molecule has 0 aromatic heterocycles. The summed E-state index contributed by atoms with van der Waals surface area (Å²) in [6.45, 7) is 16.5. The van der Waals surface area contributed by atoms with Gasteiger partial charge >= 0.3 is 0 Å². The lowest BCUT2D eigenvalue weighted by Crippen LogP contribution is -2.28. The van der Waals surface area contributed by atoms with Gasteiger partial charge in [0.2, 0.25) is 5.69 Å². The summed E-state index contributed by atoms with van der Waals surface area (Å²) in [6, 6.07) is 11.4. The average Bonchev–Trinajstić information content (AvgIpc) is 3.39. The highest BCUT2D eigenvalue weighted by Crippen LogP contribution is 2.48. The second-order valence-electron chi connectivity index (χ2n) is 14.8. The zero-order valence-electron chi connectivity index (χ0n) is 30.7. The first-order valence-corrected chi connectivity index (χ1v) is 19.6. The van der Waals surface area contributed by atoms with Crippen molar-refractivity contribution in [1.29, 1.82) is 0 Å². The molecule has 0 saturated carbocycles. The molecule has 0 unspecified atom stereocenters. The van der Waals surface area contributed by atoms with Crippen LogP contribution in [-0.4, -0.2) is 47.9 Å². The number of aryl methyl sites for hydroxylation is 1. The van der Waals surface area contributed by atoms with Crippen molar-refractivity contribution < 1.29 is 27.1 Å². The van der Waals surface area contributed by atoms with Gasteiger partial charge in [-0.15, -0.1) is 0 Å². The van der Waals surface area contributed by atoms with E-state index in [1.807, 2.05) is 6.92 Å². The second kappa shape index (κ2) is 16.1. The second-order valence-corrected chi connectivity index (χ2v) is 16.1. The Kier molecular flexibility index (Phi) is 12.6. The quantitative estimate of drug-likeness (QED) is 0.0881. The first kappa shape index (κ1) is 38.4. The molecular weight excluding hydrogens is 633 g/mol. The molecule has 2 aromatic rings. The third-order valence-electron chi connectivity index (χ3n) is 10.4. The van der Waals surface area contributed by atoms with Crippen LogP contribution in [0.2, 0.25) is 0 Å². The van der Waals surface area contributed by atoms with E-state index in [1.165, 1.54) is 28.6 Å². The van der Waals surface area contributed by atoms with Crippen LogP contribution in [0.5, 0.6) is 0 Å². The molecule has 0 amide bonds. The van der Waals surface area contributed by atoms with Crippen LogP contribution in [0.1, 0.15) is 129 Å². The minimum atomic E-state index is -4.59. The Hall–Kier alpha value is -3.36. The summed E-state index contributed by atoms with van der Waals surface area (Å²) < 4.78 is 38.2. The number of anilines is 1. The third kappa shape index (κ3) is 8.87. The third-order valence-corrected chi connectivity index (χ3v) is 11.2. The van der Waals surface area contributed by atoms with Crippen molar-refractivity contribution >= 4 is 38.8 Å². The van der Waals surface area contributed by atoms with Gasteiger partial charge in [-0.25, -0.2) is 8.42 Å². The van der Waals surface area contributed by atoms with Crippen molar-refractivity contribution in [3.63, 3.8) is 0 Å². The minimum absolute atomic E-state index is 0.163. The maximum absolute atomic E-state index is 12.5. The van der Waals surface area contributed by atoms with Crippen LogP contribution in [0.3, 0.4) is 0 Å². The number of Topliss-reactive ketones (excluding diaryl/α,β-unsaturated/α-hetero) is 2. The molecule has 0 atom stereocenters. The molecule has 0 fully saturated rings. The van der Waals surface area contributed by atoms with Crippen LogP contribution < -0.4 is 4.90 Å². The van der Waals surface area contributed by atoms with Gasteiger partial charge in [-0.1, -0.05) is 57.4 Å². The highest BCUT2D eigenvalue weighted by Gasteiger charge is 2.45. The molecular formula is C41H56N2O5S. The number of hydrogen-bond donors (Lipinski definition) is 0. The SMILES string of the molecule is CCC(=O)CCCCCCC(=O)CCCCC[N+]1=C(/C=C/C=C2\N(CC)c3ccc(C)cc3C2(C)C)C(C)(C)c2cc(S(=O)(=O)[O-])ccc21. The molecule has 49 heavy (non-hydrogen) atoms. The number of rotatable bonds is 18. The number of benzene rings is 2. The van der Waals surface area contributed by atoms with E-state index in [2.05, 4.69) is 87.4 Å². The molecule has 0 spiro atoms. The average molecular weight is 689 g/mol. The smallest absolute Gasteiger partial charge is 0.209 e. The highest BCUT2D eigenvalue weighted by molar-refractivity contribution is 7.85. The molecule has 0 bridgehead atoms. The van der Waals surface area contributed by atoms with Gasteiger partial charge in [0.15, 0.2) is 5.71 Å². The van der Waals surface area contributed by atoms with E-state index in [4.69, 9.17) is 0 Å². The topological polar surface area (TPSA) is 97.6 Å². The predicted molar refractivity (Wildman–Crippen MR) is 198 cm³/mol. The van der Waals surface area contributed by atoms with Gasteiger partial charge in [0.25, 0.3) is 0 Å². The zero-order valence-corrected chi connectivity index (χ0v) is 31.5. The van der Waals surface area contributed by atoms with Crippen LogP contribution in [-0.2, 0) is 30.5 Å². The van der Waals surface area contributed by atoms with Gasteiger partial charge in [-0.05, 0) is 83.2 Å². The highest BCUT2D eigenvalue weighted by atomic mass is 32.2. The molecule has 0 saturated heterocycles. The monoisotopic (exact) mass is 688 g/mol. The van der Waals surface area contributed by atoms with Crippen molar-refractivity contribution in [2.75, 3.05) is 18.0 Å². The Morgan fingerprint density at radius 2 is 1.45 bits per heavy atom. The summed E-state index contributed by atoms with van der Waals surface area (Å²) in [5, 5.41) is 0. The molecule has 0 aliphatic carbocycles. The largest absolute Gasteiger partial charge is 0.744 e. The van der Waals surface area contributed by atoms with Gasteiger partial charge < -0.3 is 9.45 Å². The Morgan fingerprint density at radius 3 is 2.06 bits per heavy atom. The lowest BCUT2D eigenvalue weighted by molar-refractivity contribution is -0.438. The van der Waals surface area contributed by atoms with Crippen LogP contribution in [0.15, 0.2) is 65.2 Å². The molecule has 7 nitrogen and oxygen atoms in total. The van der Waals surface area contributed by atoms with Crippen molar-refractivity contribution in [2.24, 2.45) is 0 Å². The van der Waals surface area contributed by atoms with Crippen LogP contribution >= 0.6 is 0 Å². The number of hydrogen-bond acceptors (Lipinski definition) is 6. The number of unbranched alkanes of at least 4 members (excludes halogenated alkanes) is 5. The number of nitrogens with zero attached hydrogens (tertiary/aromatic N) is 2. The predicted octanol–water partition coefficient (Wildman–Crippen LogP) is 8.98. The first-order valence-electron chi connectivity index (χ1n) is 18.2. The molecule has 2 aliphatic heterocycles. The van der Waals surface area contributed by atoms with Crippen molar-refractivity contribution in [2.45, 2.75) is 135 Å². The van der Waals surface area contributed by atoms with Crippen LogP contribution in [0, 0.1) is 6.92 Å². The summed E-state index contributed by atoms with van der Waals surface area (Å²) in [5.41, 5.74) is 7.13. The number of likely N-dealkylation sites (N-methyl/N-ethyl adjacent to an activating group) is 1. The van der Waals surface area contributed by atoms with Gasteiger partial charge in [0.1, 0.15) is 28.2 Å². The number of fused-ring (bicyclic) bond motifs is 2. The van der Waals surface area contributed by atoms with E-state index in [9.17, 15) is 22.6 Å². The Bertz CT molecular complexity index is 1750. The van der Waals surface area contributed by atoms with Crippen LogP contribution in [0.4, 0.5) is 11.4 Å². The van der Waals surface area contributed by atoms with Crippen molar-refractivity contribution in [1.82, 2.24) is 0 Å². The van der Waals surface area contributed by atoms with E-state index in [1.54, 1.807) is 12.1 Å². The standard InChI is InChI=1S/C41H56N2O5S/c1-8-31(44)18-13-10-11-14-19-32(45)20-15-12-16-27-43-37-26-24-33(49(46,47)48)29-35(37)41(6,7)39(43)22-17-21-38-40(4,5)34-28-30(3)23-25-36(34)42(38)9-2/h17,21-26,28-29H,8-16,18-20,27H2,1-7H3. The molecule has 8 heteroatoms. The van der Waals surface area contributed by atoms with Gasteiger partial charge in [0, 0.05) is 73.2 Å². The maximum atomic E-state index is 12.5. The number of carbonyl (C=O) groups excluding carboxylic acids is 2. The van der Waals surface area contributed by atoms with Crippen molar-refractivity contribution in [3.8, 4) is 0 Å². The summed E-state index contributed by atoms with van der Waals surface area (Å²) >= 11 is 0. The van der Waals surface area contributed by atoms with E-state index in [-0.39, 0.29) is 10.3 Å². The van der Waals surface area contributed by atoms with Crippen LogP contribution in [0.25, 0.3) is 0 Å². The van der Waals surface area contributed by atoms with Crippen molar-refractivity contribution in [3.05, 3.63) is 77.0 Å². The van der Waals surface area contributed by atoms with E-state index in [0.717, 1.165) is 75.0 Å². The lowest BCUT2D eigenvalue weighted by Gasteiger charge is -2.25. The summed E-state index contributed by atoms with van der Waals surface area (Å²) in [6.07, 6.45) is 15.3. The molecule has 2 aliphatic rings. The summed E-state index contributed by atoms with van der Waals surface area (Å²) in [7, 11) is -4.59. The molecule has 4 rings (SSSR count). The van der Waals surface area contributed by atoms with Gasteiger partial charge in [0.05, 0.1) is 10.3 Å². The van der Waals surface area contributed by atoms with Gasteiger partial charge in [-0.2, -0.15) is 4.58 Å². The lowest BCUT2D eigenvalue weighted by atomic mass is 9.81. The Labute approximate surface area is 294 Å². The van der Waals surface area contributed by atoms with Gasteiger partial charge in [-0.3, -0.25) is 9.59 Å². The van der Waals surface area contributed by atoms with E-state index in [0.29, 0.717) is 37.2 Å². The molecule has 0 N–H and O–H groups in total. The fourth-order valence-corrected chi connectivity index (χ4v) is 7.98. The summed E-state index contributed by atoms with van der Waals surface area (Å²) in [5.74, 6) is 0.619. The summed E-state index contributed by atoms with van der Waals surface area (Å²) in [4.78, 5) is 26.1. The molecule has 2 heterocycles. The zero-order chi connectivity index (χ0) is 36.0. The van der Waals surface area contributed by atoms with E-state index < -0.39 is 15.5 Å². The normalized spacial score (nSPS) is 17.3. The molecule has 0 radical (unpaired) electrons.